The zero-order valence-corrected chi connectivity index (χ0v) is 12.1. The van der Waals surface area contributed by atoms with Crippen molar-refractivity contribution in [1.29, 1.82) is 0 Å². The third-order valence-corrected chi connectivity index (χ3v) is 3.59. The summed E-state index contributed by atoms with van der Waals surface area (Å²) in [6.45, 7) is 2.44. The van der Waals surface area contributed by atoms with Crippen molar-refractivity contribution in [3.63, 3.8) is 0 Å². The quantitative estimate of drug-likeness (QED) is 0.864. The maximum atomic E-state index is 12.0. The van der Waals surface area contributed by atoms with Crippen LogP contribution in [0.5, 0.6) is 0 Å². The minimum atomic E-state index is -0.0648. The van der Waals surface area contributed by atoms with Crippen molar-refractivity contribution in [1.82, 2.24) is 10.3 Å². The molecule has 2 rings (SSSR count). The van der Waals surface area contributed by atoms with E-state index in [4.69, 9.17) is 0 Å². The number of aromatic nitrogens is 1. The van der Waals surface area contributed by atoms with Crippen LogP contribution in [-0.4, -0.2) is 10.9 Å². The van der Waals surface area contributed by atoms with E-state index < -0.39 is 0 Å². The lowest BCUT2D eigenvalue weighted by atomic mass is 10.2. The molecule has 4 heteroatoms. The molecule has 0 aliphatic heterocycles. The fourth-order valence-corrected chi connectivity index (χ4v) is 2.24. The molecule has 0 aliphatic carbocycles. The molecule has 1 N–H and O–H groups in total. The molecular formula is C14H13IN2O. The maximum Gasteiger partial charge on any atom is 0.252 e. The Hall–Kier alpha value is -1.43. The molecule has 1 heterocycles. The van der Waals surface area contributed by atoms with E-state index in [1.165, 1.54) is 0 Å². The number of benzene rings is 1. The maximum absolute atomic E-state index is 12.0. The number of nitrogens with one attached hydrogen (secondary N) is 1. The molecule has 0 saturated heterocycles. The first kappa shape index (κ1) is 13.0. The number of carbonyl (C=O) groups excluding carboxylic acids is 1. The van der Waals surface area contributed by atoms with Crippen LogP contribution >= 0.6 is 22.6 Å². The molecule has 92 valence electrons. The molecular weight excluding hydrogens is 339 g/mol. The molecule has 2 aromatic rings. The smallest absolute Gasteiger partial charge is 0.252 e. The van der Waals surface area contributed by atoms with Gasteiger partial charge in [0.15, 0.2) is 0 Å². The van der Waals surface area contributed by atoms with Crippen molar-refractivity contribution in [2.45, 2.75) is 13.5 Å². The van der Waals surface area contributed by atoms with E-state index >= 15 is 0 Å². The minimum absolute atomic E-state index is 0.0648. The average Bonchev–Trinajstić information content (AvgIpc) is 2.38. The van der Waals surface area contributed by atoms with Gasteiger partial charge in [-0.1, -0.05) is 18.2 Å². The van der Waals surface area contributed by atoms with Crippen molar-refractivity contribution in [2.75, 3.05) is 0 Å². The van der Waals surface area contributed by atoms with Gasteiger partial charge >= 0.3 is 0 Å². The van der Waals surface area contributed by atoms with Crippen LogP contribution in [0.4, 0.5) is 0 Å². The summed E-state index contributed by atoms with van der Waals surface area (Å²) in [6.07, 6.45) is 1.74. The molecule has 0 atom stereocenters. The van der Waals surface area contributed by atoms with Gasteiger partial charge in [-0.3, -0.25) is 9.78 Å². The van der Waals surface area contributed by atoms with Crippen LogP contribution in [-0.2, 0) is 6.54 Å². The molecule has 0 fully saturated rings. The molecule has 1 aromatic heterocycles. The van der Waals surface area contributed by atoms with Gasteiger partial charge in [-0.25, -0.2) is 0 Å². The Morgan fingerprint density at radius 2 is 2.06 bits per heavy atom. The van der Waals surface area contributed by atoms with Gasteiger partial charge in [0.2, 0.25) is 0 Å². The van der Waals surface area contributed by atoms with E-state index in [-0.39, 0.29) is 5.91 Å². The van der Waals surface area contributed by atoms with Crippen LogP contribution in [0.15, 0.2) is 42.6 Å². The Morgan fingerprint density at radius 1 is 1.28 bits per heavy atom. The second kappa shape index (κ2) is 5.95. The Kier molecular flexibility index (Phi) is 4.30. The van der Waals surface area contributed by atoms with Crippen LogP contribution in [0, 0.1) is 10.5 Å². The summed E-state index contributed by atoms with van der Waals surface area (Å²) in [4.78, 5) is 16.3. The largest absolute Gasteiger partial charge is 0.346 e. The number of rotatable bonds is 3. The van der Waals surface area contributed by atoms with Gasteiger partial charge < -0.3 is 5.32 Å². The number of carbonyl (C=O) groups is 1. The van der Waals surface area contributed by atoms with Crippen molar-refractivity contribution in [3.8, 4) is 0 Å². The highest BCUT2D eigenvalue weighted by atomic mass is 127. The predicted octanol–water partition coefficient (Wildman–Crippen LogP) is 2.92. The van der Waals surface area contributed by atoms with E-state index in [1.54, 1.807) is 6.20 Å². The van der Waals surface area contributed by atoms with Gasteiger partial charge in [-0.15, -0.1) is 0 Å². The summed E-state index contributed by atoms with van der Waals surface area (Å²) >= 11 is 2.16. The highest BCUT2D eigenvalue weighted by Gasteiger charge is 2.09. The fraction of sp³-hybridized carbons (Fsp3) is 0.143. The number of hydrogen-bond donors (Lipinski definition) is 1. The Balaban J connectivity index is 2.06. The summed E-state index contributed by atoms with van der Waals surface area (Å²) in [5, 5.41) is 2.89. The Morgan fingerprint density at radius 3 is 2.78 bits per heavy atom. The zero-order valence-electron chi connectivity index (χ0n) is 9.98. The third kappa shape index (κ3) is 3.07. The lowest BCUT2D eigenvalue weighted by Crippen LogP contribution is -2.24. The zero-order chi connectivity index (χ0) is 13.0. The van der Waals surface area contributed by atoms with Gasteiger partial charge in [0.1, 0.15) is 0 Å². The average molecular weight is 352 g/mol. The molecule has 0 spiro atoms. The summed E-state index contributed by atoms with van der Waals surface area (Å²) in [6, 6.07) is 11.4. The summed E-state index contributed by atoms with van der Waals surface area (Å²) in [7, 11) is 0. The molecule has 0 radical (unpaired) electrons. The third-order valence-electron chi connectivity index (χ3n) is 2.65. The lowest BCUT2D eigenvalue weighted by Gasteiger charge is -2.08. The molecule has 0 bridgehead atoms. The second-order valence-electron chi connectivity index (χ2n) is 3.93. The molecule has 18 heavy (non-hydrogen) atoms. The van der Waals surface area contributed by atoms with Crippen molar-refractivity contribution < 1.29 is 4.79 Å². The topological polar surface area (TPSA) is 42.0 Å². The molecule has 1 amide bonds. The molecule has 1 aromatic carbocycles. The molecule has 3 nitrogen and oxygen atoms in total. The Bertz CT molecular complexity index is 569. The van der Waals surface area contributed by atoms with Crippen LogP contribution in [0.25, 0.3) is 0 Å². The first-order valence-electron chi connectivity index (χ1n) is 5.61. The van der Waals surface area contributed by atoms with Crippen LogP contribution < -0.4 is 5.32 Å². The van der Waals surface area contributed by atoms with Gasteiger partial charge in [0, 0.05) is 9.77 Å². The van der Waals surface area contributed by atoms with Crippen LogP contribution in [0.2, 0.25) is 0 Å². The number of aryl methyl sites for hydroxylation is 1. The summed E-state index contributed by atoms with van der Waals surface area (Å²) in [5.41, 5.74) is 2.68. The second-order valence-corrected chi connectivity index (χ2v) is 5.09. The first-order valence-corrected chi connectivity index (χ1v) is 6.69. The fourth-order valence-electron chi connectivity index (χ4n) is 1.61. The minimum Gasteiger partial charge on any atom is -0.346 e. The van der Waals surface area contributed by atoms with Crippen molar-refractivity contribution in [3.05, 3.63) is 63.0 Å². The monoisotopic (exact) mass is 352 g/mol. The number of pyridine rings is 1. The number of amides is 1. The van der Waals surface area contributed by atoms with E-state index in [0.717, 1.165) is 14.8 Å². The van der Waals surface area contributed by atoms with E-state index in [0.29, 0.717) is 12.1 Å². The van der Waals surface area contributed by atoms with Gasteiger partial charge in [-0.05, 0) is 53.3 Å². The first-order chi connectivity index (χ1) is 8.68. The van der Waals surface area contributed by atoms with E-state index in [2.05, 4.69) is 32.9 Å². The van der Waals surface area contributed by atoms with E-state index in [1.807, 2.05) is 43.3 Å². The predicted molar refractivity (Wildman–Crippen MR) is 79.3 cm³/mol. The summed E-state index contributed by atoms with van der Waals surface area (Å²) < 4.78 is 0.949. The standard InChI is InChI=1S/C14H13IN2O/c1-10-5-4-8-16-13(10)9-17-14(18)11-6-2-3-7-12(11)15/h2-8H,9H2,1H3,(H,17,18). The number of halogens is 1. The molecule has 0 saturated carbocycles. The van der Waals surface area contributed by atoms with Gasteiger partial charge in [-0.2, -0.15) is 0 Å². The highest BCUT2D eigenvalue weighted by molar-refractivity contribution is 14.1. The lowest BCUT2D eigenvalue weighted by molar-refractivity contribution is 0.0949. The number of nitrogens with zero attached hydrogens (tertiary/aromatic N) is 1. The van der Waals surface area contributed by atoms with Crippen LogP contribution in [0.3, 0.4) is 0 Å². The SMILES string of the molecule is Cc1cccnc1CNC(=O)c1ccccc1I. The van der Waals surface area contributed by atoms with Crippen molar-refractivity contribution >= 4 is 28.5 Å². The normalized spacial score (nSPS) is 10.1. The Labute approximate surface area is 120 Å². The van der Waals surface area contributed by atoms with Crippen molar-refractivity contribution in [2.24, 2.45) is 0 Å². The number of hydrogen-bond acceptors (Lipinski definition) is 2. The van der Waals surface area contributed by atoms with Crippen LogP contribution in [0.1, 0.15) is 21.6 Å². The summed E-state index contributed by atoms with van der Waals surface area (Å²) in [5.74, 6) is -0.0648. The van der Waals surface area contributed by atoms with Gasteiger partial charge in [0.05, 0.1) is 17.8 Å². The van der Waals surface area contributed by atoms with E-state index in [9.17, 15) is 4.79 Å². The van der Waals surface area contributed by atoms with Gasteiger partial charge in [0.25, 0.3) is 5.91 Å². The highest BCUT2D eigenvalue weighted by Crippen LogP contribution is 2.11. The molecule has 0 unspecified atom stereocenters. The molecule has 0 aliphatic rings.